The molecule has 0 radical (unpaired) electrons. The molecule has 3 atom stereocenters. The molecule has 1 aromatic rings. The third-order valence-electron chi connectivity index (χ3n) is 5.39. The summed E-state index contributed by atoms with van der Waals surface area (Å²) in [4.78, 5) is 2.59. The number of nitrogens with zero attached hydrogens (tertiary/aromatic N) is 1. The van der Waals surface area contributed by atoms with E-state index < -0.39 is 0 Å². The fourth-order valence-electron chi connectivity index (χ4n) is 4.03. The van der Waals surface area contributed by atoms with Crippen LogP contribution in [0.15, 0.2) is 18.2 Å². The number of rotatable bonds is 6. The molecule has 2 saturated heterocycles. The van der Waals surface area contributed by atoms with Gasteiger partial charge in [-0.25, -0.2) is 0 Å². The summed E-state index contributed by atoms with van der Waals surface area (Å²) in [7, 11) is 5.66. The van der Waals surface area contributed by atoms with Gasteiger partial charge in [-0.05, 0) is 63.4 Å². The SMILES string of the molecule is COc1ccc(CCNC2C[C@H]3CC[C@@H](C2)N3C)cc1OC. The van der Waals surface area contributed by atoms with Crippen LogP contribution in [-0.4, -0.2) is 50.8 Å². The summed E-state index contributed by atoms with van der Waals surface area (Å²) in [6.45, 7) is 1.03. The molecule has 0 spiro atoms. The van der Waals surface area contributed by atoms with E-state index in [0.717, 1.165) is 36.5 Å². The first kappa shape index (κ1) is 15.6. The van der Waals surface area contributed by atoms with Crippen LogP contribution in [0.1, 0.15) is 31.2 Å². The van der Waals surface area contributed by atoms with Crippen molar-refractivity contribution in [3.63, 3.8) is 0 Å². The van der Waals surface area contributed by atoms with E-state index in [9.17, 15) is 0 Å². The molecule has 4 heteroatoms. The average molecular weight is 304 g/mol. The number of methoxy groups -OCH3 is 2. The molecule has 0 amide bonds. The molecule has 0 aromatic heterocycles. The second-order valence-corrected chi connectivity index (χ2v) is 6.61. The first-order valence-electron chi connectivity index (χ1n) is 8.37. The van der Waals surface area contributed by atoms with Crippen molar-refractivity contribution in [2.75, 3.05) is 27.8 Å². The Morgan fingerprint density at radius 3 is 2.41 bits per heavy atom. The lowest BCUT2D eigenvalue weighted by atomic mass is 9.98. The predicted octanol–water partition coefficient (Wildman–Crippen LogP) is 2.46. The van der Waals surface area contributed by atoms with Gasteiger partial charge in [-0.1, -0.05) is 6.07 Å². The number of hydrogen-bond acceptors (Lipinski definition) is 4. The topological polar surface area (TPSA) is 33.7 Å². The molecular formula is C18H28N2O2. The Balaban J connectivity index is 1.49. The molecule has 1 N–H and O–H groups in total. The normalized spacial score (nSPS) is 27.9. The quantitative estimate of drug-likeness (QED) is 0.875. The first-order chi connectivity index (χ1) is 10.7. The molecule has 2 heterocycles. The lowest BCUT2D eigenvalue weighted by molar-refractivity contribution is 0.149. The van der Waals surface area contributed by atoms with Crippen LogP contribution in [-0.2, 0) is 6.42 Å². The van der Waals surface area contributed by atoms with Crippen LogP contribution in [0.4, 0.5) is 0 Å². The van der Waals surface area contributed by atoms with Gasteiger partial charge in [0.15, 0.2) is 11.5 Å². The molecular weight excluding hydrogens is 276 g/mol. The second-order valence-electron chi connectivity index (χ2n) is 6.61. The highest BCUT2D eigenvalue weighted by Gasteiger charge is 2.37. The largest absolute Gasteiger partial charge is 0.493 e. The van der Waals surface area contributed by atoms with Crippen molar-refractivity contribution in [2.24, 2.45) is 0 Å². The molecule has 22 heavy (non-hydrogen) atoms. The summed E-state index contributed by atoms with van der Waals surface area (Å²) in [5.74, 6) is 1.61. The van der Waals surface area contributed by atoms with Gasteiger partial charge in [0.25, 0.3) is 0 Å². The maximum atomic E-state index is 5.37. The van der Waals surface area contributed by atoms with Crippen LogP contribution in [0.25, 0.3) is 0 Å². The van der Waals surface area contributed by atoms with Crippen molar-refractivity contribution < 1.29 is 9.47 Å². The van der Waals surface area contributed by atoms with Gasteiger partial charge >= 0.3 is 0 Å². The maximum Gasteiger partial charge on any atom is 0.160 e. The Hall–Kier alpha value is -1.26. The maximum absolute atomic E-state index is 5.37. The third-order valence-corrected chi connectivity index (χ3v) is 5.39. The van der Waals surface area contributed by atoms with Crippen LogP contribution >= 0.6 is 0 Å². The standard InChI is InChI=1S/C18H28N2O2/c1-20-15-5-6-16(20)12-14(11-15)19-9-8-13-4-7-17(21-2)18(10-13)22-3/h4,7,10,14-16,19H,5-6,8-9,11-12H2,1-3H3/t14?,15-,16+. The van der Waals surface area contributed by atoms with Crippen LogP contribution in [0.3, 0.4) is 0 Å². The van der Waals surface area contributed by atoms with Crippen molar-refractivity contribution in [3.8, 4) is 11.5 Å². The van der Waals surface area contributed by atoms with Crippen molar-refractivity contribution in [1.82, 2.24) is 10.2 Å². The Bertz CT molecular complexity index is 492. The van der Waals surface area contributed by atoms with Crippen molar-refractivity contribution in [3.05, 3.63) is 23.8 Å². The number of benzene rings is 1. The van der Waals surface area contributed by atoms with E-state index in [-0.39, 0.29) is 0 Å². The van der Waals surface area contributed by atoms with E-state index >= 15 is 0 Å². The molecule has 1 aromatic carbocycles. The van der Waals surface area contributed by atoms with Crippen molar-refractivity contribution in [2.45, 2.75) is 50.2 Å². The summed E-state index contributed by atoms with van der Waals surface area (Å²) < 4.78 is 10.7. The number of hydrogen-bond donors (Lipinski definition) is 1. The highest BCUT2D eigenvalue weighted by Crippen LogP contribution is 2.34. The van der Waals surface area contributed by atoms with E-state index in [2.05, 4.69) is 29.4 Å². The molecule has 122 valence electrons. The zero-order valence-corrected chi connectivity index (χ0v) is 14.0. The Morgan fingerprint density at radius 1 is 1.09 bits per heavy atom. The van der Waals surface area contributed by atoms with Crippen LogP contribution in [0.5, 0.6) is 11.5 Å². The van der Waals surface area contributed by atoms with Crippen LogP contribution < -0.4 is 14.8 Å². The Morgan fingerprint density at radius 2 is 1.77 bits per heavy atom. The minimum Gasteiger partial charge on any atom is -0.493 e. The zero-order valence-electron chi connectivity index (χ0n) is 14.0. The van der Waals surface area contributed by atoms with Gasteiger partial charge in [-0.15, -0.1) is 0 Å². The van der Waals surface area contributed by atoms with E-state index in [1.54, 1.807) is 14.2 Å². The number of nitrogens with one attached hydrogen (secondary N) is 1. The van der Waals surface area contributed by atoms with Gasteiger partial charge in [0.1, 0.15) is 0 Å². The van der Waals surface area contributed by atoms with Gasteiger partial charge < -0.3 is 19.7 Å². The van der Waals surface area contributed by atoms with E-state index in [4.69, 9.17) is 9.47 Å². The molecule has 2 fully saturated rings. The monoisotopic (exact) mass is 304 g/mol. The molecule has 0 saturated carbocycles. The molecule has 3 rings (SSSR count). The van der Waals surface area contributed by atoms with Gasteiger partial charge in [0.05, 0.1) is 14.2 Å². The minimum absolute atomic E-state index is 0.689. The van der Waals surface area contributed by atoms with E-state index in [1.165, 1.54) is 31.2 Å². The fourth-order valence-corrected chi connectivity index (χ4v) is 4.03. The van der Waals surface area contributed by atoms with Gasteiger partial charge in [0.2, 0.25) is 0 Å². The van der Waals surface area contributed by atoms with E-state index in [0.29, 0.717) is 6.04 Å². The highest BCUT2D eigenvalue weighted by atomic mass is 16.5. The number of ether oxygens (including phenoxy) is 2. The predicted molar refractivity (Wildman–Crippen MR) is 88.8 cm³/mol. The van der Waals surface area contributed by atoms with Crippen LogP contribution in [0, 0.1) is 0 Å². The summed E-state index contributed by atoms with van der Waals surface area (Å²) in [6, 6.07) is 8.49. The zero-order chi connectivity index (χ0) is 15.5. The van der Waals surface area contributed by atoms with Crippen molar-refractivity contribution in [1.29, 1.82) is 0 Å². The summed E-state index contributed by atoms with van der Waals surface area (Å²) in [6.07, 6.45) is 6.41. The van der Waals surface area contributed by atoms with Gasteiger partial charge in [-0.2, -0.15) is 0 Å². The van der Waals surface area contributed by atoms with Gasteiger partial charge in [0, 0.05) is 18.1 Å². The highest BCUT2D eigenvalue weighted by molar-refractivity contribution is 5.42. The minimum atomic E-state index is 0.689. The average Bonchev–Trinajstić information content (AvgIpc) is 2.76. The molecule has 2 bridgehead atoms. The summed E-state index contributed by atoms with van der Waals surface area (Å²) in [5.41, 5.74) is 1.29. The lowest BCUT2D eigenvalue weighted by Gasteiger charge is -2.36. The number of fused-ring (bicyclic) bond motifs is 2. The third kappa shape index (κ3) is 3.23. The Labute approximate surface area is 133 Å². The smallest absolute Gasteiger partial charge is 0.160 e. The van der Waals surface area contributed by atoms with Crippen molar-refractivity contribution >= 4 is 0 Å². The summed E-state index contributed by atoms with van der Waals surface area (Å²) in [5, 5.41) is 3.76. The van der Waals surface area contributed by atoms with E-state index in [1.807, 2.05) is 6.07 Å². The molecule has 1 unspecified atom stereocenters. The fraction of sp³-hybridized carbons (Fsp3) is 0.667. The van der Waals surface area contributed by atoms with Crippen LogP contribution in [0.2, 0.25) is 0 Å². The van der Waals surface area contributed by atoms with Gasteiger partial charge in [-0.3, -0.25) is 0 Å². The molecule has 2 aliphatic heterocycles. The summed E-state index contributed by atoms with van der Waals surface area (Å²) >= 11 is 0. The molecule has 0 aliphatic carbocycles. The second kappa shape index (κ2) is 6.88. The Kier molecular flexibility index (Phi) is 4.89. The molecule has 4 nitrogen and oxygen atoms in total. The number of piperidine rings is 1. The molecule has 2 aliphatic rings. The lowest BCUT2D eigenvalue weighted by Crippen LogP contribution is -2.47. The first-order valence-corrected chi connectivity index (χ1v) is 8.37.